The zero-order chi connectivity index (χ0) is 20.4. The SMILES string of the molecule is O=C(Nc1ncc2c(n1)CC(c1ccccc1)CC2=O)c1ccc([N+](=O)[O-])cc1. The molecule has 0 aliphatic heterocycles. The number of amides is 1. The Morgan fingerprint density at radius 2 is 1.79 bits per heavy atom. The van der Waals surface area contributed by atoms with E-state index >= 15 is 0 Å². The van der Waals surface area contributed by atoms with Gasteiger partial charge >= 0.3 is 0 Å². The van der Waals surface area contributed by atoms with Gasteiger partial charge in [0.2, 0.25) is 5.95 Å². The van der Waals surface area contributed by atoms with Crippen LogP contribution in [0.25, 0.3) is 0 Å². The number of Topliss-reactive ketones (excluding diaryl/α,β-unsaturated/α-hetero) is 1. The Hall–Kier alpha value is -3.94. The normalized spacial score (nSPS) is 15.4. The number of fused-ring (bicyclic) bond motifs is 1. The number of hydrogen-bond acceptors (Lipinski definition) is 6. The minimum absolute atomic E-state index is 0.0200. The number of nitrogens with one attached hydrogen (secondary N) is 1. The minimum Gasteiger partial charge on any atom is -0.294 e. The molecule has 1 heterocycles. The zero-order valence-corrected chi connectivity index (χ0v) is 15.2. The van der Waals surface area contributed by atoms with Crippen LogP contribution < -0.4 is 5.32 Å². The molecule has 2 aromatic carbocycles. The van der Waals surface area contributed by atoms with Gasteiger partial charge in [-0.1, -0.05) is 30.3 Å². The highest BCUT2D eigenvalue weighted by Crippen LogP contribution is 2.31. The van der Waals surface area contributed by atoms with Crippen molar-refractivity contribution in [3.8, 4) is 0 Å². The number of nitrogens with zero attached hydrogens (tertiary/aromatic N) is 3. The average Bonchev–Trinajstić information content (AvgIpc) is 2.74. The molecular formula is C21H16N4O4. The molecule has 144 valence electrons. The van der Waals surface area contributed by atoms with Crippen LogP contribution in [-0.2, 0) is 6.42 Å². The summed E-state index contributed by atoms with van der Waals surface area (Å²) in [6, 6.07) is 15.0. The Balaban J connectivity index is 1.54. The van der Waals surface area contributed by atoms with E-state index in [1.807, 2.05) is 30.3 Å². The van der Waals surface area contributed by atoms with Gasteiger partial charge in [0, 0.05) is 30.3 Å². The fraction of sp³-hybridized carbons (Fsp3) is 0.143. The molecule has 0 saturated heterocycles. The summed E-state index contributed by atoms with van der Waals surface area (Å²) < 4.78 is 0. The smallest absolute Gasteiger partial charge is 0.269 e. The van der Waals surface area contributed by atoms with Crippen molar-refractivity contribution in [1.82, 2.24) is 9.97 Å². The van der Waals surface area contributed by atoms with Crippen molar-refractivity contribution in [1.29, 1.82) is 0 Å². The number of benzene rings is 2. The molecule has 1 amide bonds. The molecule has 4 rings (SSSR count). The summed E-state index contributed by atoms with van der Waals surface area (Å²) >= 11 is 0. The van der Waals surface area contributed by atoms with Crippen molar-refractivity contribution >= 4 is 23.3 Å². The Morgan fingerprint density at radius 3 is 2.48 bits per heavy atom. The van der Waals surface area contributed by atoms with E-state index in [9.17, 15) is 19.7 Å². The van der Waals surface area contributed by atoms with Gasteiger partial charge < -0.3 is 0 Å². The third-order valence-corrected chi connectivity index (χ3v) is 4.88. The molecule has 0 spiro atoms. The number of nitro groups is 1. The first-order chi connectivity index (χ1) is 14.0. The van der Waals surface area contributed by atoms with Gasteiger partial charge in [-0.3, -0.25) is 25.0 Å². The molecule has 3 aromatic rings. The van der Waals surface area contributed by atoms with Crippen molar-refractivity contribution in [3.05, 3.63) is 93.3 Å². The lowest BCUT2D eigenvalue weighted by Crippen LogP contribution is -2.22. The van der Waals surface area contributed by atoms with Gasteiger partial charge in [0.15, 0.2) is 5.78 Å². The number of carbonyl (C=O) groups is 2. The molecule has 8 nitrogen and oxygen atoms in total. The third-order valence-electron chi connectivity index (χ3n) is 4.88. The molecule has 8 heteroatoms. The monoisotopic (exact) mass is 388 g/mol. The fourth-order valence-corrected chi connectivity index (χ4v) is 3.37. The number of hydrogen-bond donors (Lipinski definition) is 1. The largest absolute Gasteiger partial charge is 0.294 e. The Morgan fingerprint density at radius 1 is 1.07 bits per heavy atom. The second-order valence-electron chi connectivity index (χ2n) is 6.75. The zero-order valence-electron chi connectivity index (χ0n) is 15.2. The van der Waals surface area contributed by atoms with Crippen LogP contribution in [0.15, 0.2) is 60.8 Å². The number of non-ortho nitro benzene ring substituents is 1. The second kappa shape index (κ2) is 7.59. The van der Waals surface area contributed by atoms with Crippen LogP contribution in [0.5, 0.6) is 0 Å². The van der Waals surface area contributed by atoms with E-state index in [1.165, 1.54) is 30.5 Å². The van der Waals surface area contributed by atoms with E-state index in [0.717, 1.165) is 5.56 Å². The van der Waals surface area contributed by atoms with Crippen molar-refractivity contribution in [2.24, 2.45) is 0 Å². The van der Waals surface area contributed by atoms with Gasteiger partial charge in [-0.15, -0.1) is 0 Å². The third kappa shape index (κ3) is 3.86. The van der Waals surface area contributed by atoms with Crippen molar-refractivity contribution in [2.75, 3.05) is 5.32 Å². The fourth-order valence-electron chi connectivity index (χ4n) is 3.37. The number of anilines is 1. The summed E-state index contributed by atoms with van der Waals surface area (Å²) in [4.78, 5) is 43.5. The summed E-state index contributed by atoms with van der Waals surface area (Å²) in [6.07, 6.45) is 2.42. The molecule has 1 N–H and O–H groups in total. The molecule has 0 radical (unpaired) electrons. The lowest BCUT2D eigenvalue weighted by molar-refractivity contribution is -0.384. The molecule has 0 fully saturated rings. The molecule has 0 saturated carbocycles. The number of carbonyl (C=O) groups excluding carboxylic acids is 2. The van der Waals surface area contributed by atoms with Gasteiger partial charge in [-0.2, -0.15) is 0 Å². The van der Waals surface area contributed by atoms with Gasteiger partial charge in [-0.25, -0.2) is 9.97 Å². The lowest BCUT2D eigenvalue weighted by atomic mass is 9.82. The van der Waals surface area contributed by atoms with Crippen LogP contribution in [0.2, 0.25) is 0 Å². The highest BCUT2D eigenvalue weighted by molar-refractivity contribution is 6.03. The second-order valence-corrected chi connectivity index (χ2v) is 6.75. The van der Waals surface area contributed by atoms with E-state index in [2.05, 4.69) is 15.3 Å². The average molecular weight is 388 g/mol. The first kappa shape index (κ1) is 18.4. The predicted molar refractivity (Wildman–Crippen MR) is 105 cm³/mol. The Kier molecular flexibility index (Phi) is 4.82. The number of ketones is 1. The summed E-state index contributed by atoms with van der Waals surface area (Å²) in [7, 11) is 0. The molecule has 29 heavy (non-hydrogen) atoms. The standard InChI is InChI=1S/C21H16N4O4/c26-19-11-15(13-4-2-1-3-5-13)10-18-17(19)12-22-21(23-18)24-20(27)14-6-8-16(9-7-14)25(28)29/h1-9,12,15H,10-11H2,(H,22,23,24,27). The van der Waals surface area contributed by atoms with Crippen LogP contribution in [0.3, 0.4) is 0 Å². The Bertz CT molecular complexity index is 1100. The maximum atomic E-state index is 12.5. The molecule has 1 atom stereocenters. The van der Waals surface area contributed by atoms with Crippen LogP contribution in [0.1, 0.15) is 44.3 Å². The maximum absolute atomic E-state index is 12.5. The number of rotatable bonds is 4. The van der Waals surface area contributed by atoms with E-state index < -0.39 is 10.8 Å². The van der Waals surface area contributed by atoms with E-state index in [1.54, 1.807) is 0 Å². The van der Waals surface area contributed by atoms with Crippen LogP contribution in [0.4, 0.5) is 11.6 Å². The quantitative estimate of drug-likeness (QED) is 0.540. The van der Waals surface area contributed by atoms with E-state index in [4.69, 9.17) is 0 Å². The molecule has 1 aliphatic rings. The van der Waals surface area contributed by atoms with Crippen LogP contribution in [0, 0.1) is 10.1 Å². The van der Waals surface area contributed by atoms with Crippen LogP contribution >= 0.6 is 0 Å². The van der Waals surface area contributed by atoms with Gasteiger partial charge in [0.1, 0.15) is 0 Å². The lowest BCUT2D eigenvalue weighted by Gasteiger charge is -2.23. The summed E-state index contributed by atoms with van der Waals surface area (Å²) in [5.74, 6) is -0.382. The first-order valence-electron chi connectivity index (χ1n) is 9.01. The minimum atomic E-state index is -0.533. The summed E-state index contributed by atoms with van der Waals surface area (Å²) in [5.41, 5.74) is 2.29. The first-order valence-corrected chi connectivity index (χ1v) is 9.01. The van der Waals surface area contributed by atoms with Crippen molar-refractivity contribution < 1.29 is 14.5 Å². The van der Waals surface area contributed by atoms with Crippen molar-refractivity contribution in [3.63, 3.8) is 0 Å². The van der Waals surface area contributed by atoms with E-state index in [-0.39, 0.29) is 28.9 Å². The van der Waals surface area contributed by atoms with Gasteiger partial charge in [-0.05, 0) is 30.0 Å². The molecule has 0 bridgehead atoms. The van der Waals surface area contributed by atoms with Crippen LogP contribution in [-0.4, -0.2) is 26.6 Å². The molecular weight excluding hydrogens is 372 g/mol. The van der Waals surface area contributed by atoms with E-state index in [0.29, 0.717) is 24.1 Å². The van der Waals surface area contributed by atoms with Gasteiger partial charge in [0.25, 0.3) is 11.6 Å². The van der Waals surface area contributed by atoms with Gasteiger partial charge in [0.05, 0.1) is 16.2 Å². The summed E-state index contributed by atoms with van der Waals surface area (Å²) in [6.45, 7) is 0. The highest BCUT2D eigenvalue weighted by atomic mass is 16.6. The summed E-state index contributed by atoms with van der Waals surface area (Å²) in [5, 5.41) is 13.3. The Labute approximate surface area is 165 Å². The number of nitro benzene ring substituents is 1. The molecule has 1 aliphatic carbocycles. The highest BCUT2D eigenvalue weighted by Gasteiger charge is 2.28. The maximum Gasteiger partial charge on any atom is 0.269 e. The number of aromatic nitrogens is 2. The topological polar surface area (TPSA) is 115 Å². The predicted octanol–water partition coefficient (Wildman–Crippen LogP) is 3.55. The molecule has 1 unspecified atom stereocenters. The van der Waals surface area contributed by atoms with Crippen molar-refractivity contribution in [2.45, 2.75) is 18.8 Å². The molecule has 1 aromatic heterocycles.